The van der Waals surface area contributed by atoms with Gasteiger partial charge in [0.2, 0.25) is 0 Å². The van der Waals surface area contributed by atoms with Crippen molar-refractivity contribution < 1.29 is 19.8 Å². The Hall–Kier alpha value is -2.24. The number of amides is 2. The maximum absolute atomic E-state index is 11.6. The molecule has 0 saturated heterocycles. The second kappa shape index (κ2) is 7.37. The van der Waals surface area contributed by atoms with Gasteiger partial charge in [-0.25, -0.2) is 9.59 Å². The van der Waals surface area contributed by atoms with Crippen LogP contribution in [0.3, 0.4) is 0 Å². The number of hydrogen-bond acceptors (Lipinski definition) is 3. The van der Waals surface area contributed by atoms with Crippen molar-refractivity contribution in [1.82, 2.24) is 10.6 Å². The maximum atomic E-state index is 11.6. The minimum atomic E-state index is -1.10. The van der Waals surface area contributed by atoms with Gasteiger partial charge in [-0.2, -0.15) is 0 Å². The molecule has 0 heterocycles. The first-order chi connectivity index (χ1) is 9.38. The van der Waals surface area contributed by atoms with Gasteiger partial charge in [-0.05, 0) is 23.6 Å². The number of phenolic OH excluding ortho intramolecular Hbond substituents is 1. The summed E-state index contributed by atoms with van der Waals surface area (Å²) in [4.78, 5) is 22.7. The summed E-state index contributed by atoms with van der Waals surface area (Å²) in [7, 11) is 0. The third kappa shape index (κ3) is 5.60. The summed E-state index contributed by atoms with van der Waals surface area (Å²) in [5, 5.41) is 23.3. The SMILES string of the molecule is CC(C)CNC(=O)N[C@H](Cc1ccc(O)cc1)C(=O)O. The molecule has 1 aromatic carbocycles. The van der Waals surface area contributed by atoms with Gasteiger partial charge in [0, 0.05) is 13.0 Å². The number of carbonyl (C=O) groups excluding carboxylic acids is 1. The number of nitrogens with one attached hydrogen (secondary N) is 2. The highest BCUT2D eigenvalue weighted by atomic mass is 16.4. The van der Waals surface area contributed by atoms with E-state index in [0.29, 0.717) is 12.5 Å². The summed E-state index contributed by atoms with van der Waals surface area (Å²) < 4.78 is 0. The normalized spacial score (nSPS) is 11.9. The van der Waals surface area contributed by atoms with Crippen LogP contribution in [-0.4, -0.2) is 34.8 Å². The van der Waals surface area contributed by atoms with Crippen molar-refractivity contribution in [3.05, 3.63) is 29.8 Å². The van der Waals surface area contributed by atoms with E-state index in [-0.39, 0.29) is 12.2 Å². The molecule has 0 unspecified atom stereocenters. The van der Waals surface area contributed by atoms with E-state index in [4.69, 9.17) is 5.11 Å². The zero-order valence-electron chi connectivity index (χ0n) is 11.6. The minimum absolute atomic E-state index is 0.114. The van der Waals surface area contributed by atoms with Crippen LogP contribution in [0.25, 0.3) is 0 Å². The predicted octanol–water partition coefficient (Wildman–Crippen LogP) is 1.34. The second-order valence-corrected chi connectivity index (χ2v) is 5.01. The molecule has 0 bridgehead atoms. The molecule has 6 nitrogen and oxygen atoms in total. The van der Waals surface area contributed by atoms with Gasteiger partial charge < -0.3 is 20.8 Å². The van der Waals surface area contributed by atoms with E-state index in [1.165, 1.54) is 12.1 Å². The summed E-state index contributed by atoms with van der Waals surface area (Å²) >= 11 is 0. The van der Waals surface area contributed by atoms with Gasteiger partial charge in [-0.15, -0.1) is 0 Å². The summed E-state index contributed by atoms with van der Waals surface area (Å²) in [5.74, 6) is -0.692. The summed E-state index contributed by atoms with van der Waals surface area (Å²) in [6.45, 7) is 4.38. The van der Waals surface area contributed by atoms with E-state index in [2.05, 4.69) is 10.6 Å². The molecule has 4 N–H and O–H groups in total. The number of aromatic hydroxyl groups is 1. The predicted molar refractivity (Wildman–Crippen MR) is 74.6 cm³/mol. The number of benzene rings is 1. The number of urea groups is 1. The van der Waals surface area contributed by atoms with E-state index >= 15 is 0 Å². The molecule has 2 amide bonds. The first kappa shape index (κ1) is 15.8. The Labute approximate surface area is 117 Å². The van der Waals surface area contributed by atoms with Crippen LogP contribution in [0.15, 0.2) is 24.3 Å². The van der Waals surface area contributed by atoms with Crippen LogP contribution in [0.5, 0.6) is 5.75 Å². The van der Waals surface area contributed by atoms with Crippen molar-refractivity contribution >= 4 is 12.0 Å². The summed E-state index contributed by atoms with van der Waals surface area (Å²) in [6, 6.07) is 4.70. The van der Waals surface area contributed by atoms with E-state index in [1.54, 1.807) is 12.1 Å². The van der Waals surface area contributed by atoms with Gasteiger partial charge in [0.25, 0.3) is 0 Å². The van der Waals surface area contributed by atoms with Gasteiger partial charge in [0.1, 0.15) is 11.8 Å². The van der Waals surface area contributed by atoms with Gasteiger partial charge >= 0.3 is 12.0 Å². The molecule has 1 atom stereocenters. The number of carboxylic acids is 1. The molecule has 0 saturated carbocycles. The van der Waals surface area contributed by atoms with Crippen molar-refractivity contribution in [2.45, 2.75) is 26.3 Å². The Morgan fingerprint density at radius 1 is 1.20 bits per heavy atom. The topological polar surface area (TPSA) is 98.7 Å². The molecule has 1 rings (SSSR count). The zero-order chi connectivity index (χ0) is 15.1. The Morgan fingerprint density at radius 3 is 2.30 bits per heavy atom. The van der Waals surface area contributed by atoms with E-state index in [9.17, 15) is 14.7 Å². The minimum Gasteiger partial charge on any atom is -0.508 e. The van der Waals surface area contributed by atoms with Gasteiger partial charge in [-0.3, -0.25) is 0 Å². The Bertz CT molecular complexity index is 457. The molecule has 0 aliphatic heterocycles. The third-order valence-corrected chi connectivity index (χ3v) is 2.65. The van der Waals surface area contributed by atoms with Crippen LogP contribution >= 0.6 is 0 Å². The monoisotopic (exact) mass is 280 g/mol. The molecular formula is C14H20N2O4. The fraction of sp³-hybridized carbons (Fsp3) is 0.429. The number of phenols is 1. The summed E-state index contributed by atoms with van der Waals surface area (Å²) in [5.41, 5.74) is 0.722. The van der Waals surface area contributed by atoms with Crippen LogP contribution < -0.4 is 10.6 Å². The maximum Gasteiger partial charge on any atom is 0.326 e. The molecule has 20 heavy (non-hydrogen) atoms. The smallest absolute Gasteiger partial charge is 0.326 e. The van der Waals surface area contributed by atoms with Gasteiger partial charge in [0.15, 0.2) is 0 Å². The lowest BCUT2D eigenvalue weighted by atomic mass is 10.1. The third-order valence-electron chi connectivity index (χ3n) is 2.65. The molecule has 0 aliphatic carbocycles. The number of rotatable bonds is 6. The lowest BCUT2D eigenvalue weighted by Crippen LogP contribution is -2.47. The quantitative estimate of drug-likeness (QED) is 0.632. The second-order valence-electron chi connectivity index (χ2n) is 5.01. The molecule has 0 fully saturated rings. The zero-order valence-corrected chi connectivity index (χ0v) is 11.6. The number of carbonyl (C=O) groups is 2. The highest BCUT2D eigenvalue weighted by molar-refractivity contribution is 5.82. The average Bonchev–Trinajstić information content (AvgIpc) is 2.38. The molecule has 110 valence electrons. The molecule has 0 spiro atoms. The standard InChI is InChI=1S/C14H20N2O4/c1-9(2)8-15-14(20)16-12(13(18)19)7-10-3-5-11(17)6-4-10/h3-6,9,12,17H,7-8H2,1-2H3,(H,18,19)(H2,15,16,20)/t12-/m1/s1. The molecular weight excluding hydrogens is 260 g/mol. The fourth-order valence-electron chi connectivity index (χ4n) is 1.57. The van der Waals surface area contributed by atoms with Crippen LogP contribution in [0.2, 0.25) is 0 Å². The van der Waals surface area contributed by atoms with Gasteiger partial charge in [0.05, 0.1) is 0 Å². The van der Waals surface area contributed by atoms with Crippen LogP contribution in [0, 0.1) is 5.92 Å². The first-order valence-electron chi connectivity index (χ1n) is 6.43. The van der Waals surface area contributed by atoms with Crippen LogP contribution in [0.1, 0.15) is 19.4 Å². The number of carboxylic acid groups (broad SMARTS) is 1. The van der Waals surface area contributed by atoms with Crippen molar-refractivity contribution in [2.75, 3.05) is 6.54 Å². The van der Waals surface area contributed by atoms with Crippen LogP contribution in [-0.2, 0) is 11.2 Å². The van der Waals surface area contributed by atoms with Crippen molar-refractivity contribution in [2.24, 2.45) is 5.92 Å². The highest BCUT2D eigenvalue weighted by Gasteiger charge is 2.20. The number of aliphatic carboxylic acids is 1. The molecule has 0 aliphatic rings. The average molecular weight is 280 g/mol. The Kier molecular flexibility index (Phi) is 5.83. The lowest BCUT2D eigenvalue weighted by molar-refractivity contribution is -0.139. The van der Waals surface area contributed by atoms with Crippen molar-refractivity contribution in [1.29, 1.82) is 0 Å². The first-order valence-corrected chi connectivity index (χ1v) is 6.43. The Morgan fingerprint density at radius 2 is 1.80 bits per heavy atom. The molecule has 1 aromatic rings. The number of hydrogen-bond donors (Lipinski definition) is 4. The van der Waals surface area contributed by atoms with Gasteiger partial charge in [-0.1, -0.05) is 26.0 Å². The van der Waals surface area contributed by atoms with E-state index in [0.717, 1.165) is 5.56 Å². The van der Waals surface area contributed by atoms with Crippen molar-refractivity contribution in [3.63, 3.8) is 0 Å². The van der Waals surface area contributed by atoms with Crippen LogP contribution in [0.4, 0.5) is 4.79 Å². The fourth-order valence-corrected chi connectivity index (χ4v) is 1.57. The van der Waals surface area contributed by atoms with E-state index in [1.807, 2.05) is 13.8 Å². The van der Waals surface area contributed by atoms with E-state index < -0.39 is 18.0 Å². The molecule has 0 radical (unpaired) electrons. The Balaban J connectivity index is 2.58. The lowest BCUT2D eigenvalue weighted by Gasteiger charge is -2.16. The molecule has 6 heteroatoms. The molecule has 0 aromatic heterocycles. The van der Waals surface area contributed by atoms with Crippen molar-refractivity contribution in [3.8, 4) is 5.75 Å². The summed E-state index contributed by atoms with van der Waals surface area (Å²) in [6.07, 6.45) is 0.157. The highest BCUT2D eigenvalue weighted by Crippen LogP contribution is 2.11. The largest absolute Gasteiger partial charge is 0.508 e.